The molecule has 1 heterocycles. The van der Waals surface area contributed by atoms with E-state index in [0.717, 1.165) is 5.56 Å². The average molecular weight is 318 g/mol. The largest absolute Gasteiger partial charge is 0.398 e. The Balaban J connectivity index is 2.28. The summed E-state index contributed by atoms with van der Waals surface area (Å²) in [5.41, 5.74) is 8.32. The molecule has 1 aromatic carbocycles. The normalized spacial score (nSPS) is 21.8. The molecule has 0 saturated carbocycles. The zero-order valence-corrected chi connectivity index (χ0v) is 13.0. The van der Waals surface area contributed by atoms with Gasteiger partial charge in [0.2, 0.25) is 10.0 Å². The Kier molecular flexibility index (Phi) is 3.72. The van der Waals surface area contributed by atoms with E-state index in [1.165, 1.54) is 0 Å². The first kappa shape index (κ1) is 15.1. The summed E-state index contributed by atoms with van der Waals surface area (Å²) in [5, 5.41) is -0.894. The first-order valence-corrected chi connectivity index (χ1v) is 9.57. The van der Waals surface area contributed by atoms with Gasteiger partial charge in [0.1, 0.15) is 0 Å². The molecule has 1 aliphatic rings. The van der Waals surface area contributed by atoms with E-state index < -0.39 is 25.1 Å². The van der Waals surface area contributed by atoms with E-state index in [-0.39, 0.29) is 17.9 Å². The quantitative estimate of drug-likeness (QED) is 0.802. The van der Waals surface area contributed by atoms with E-state index in [0.29, 0.717) is 16.9 Å². The lowest BCUT2D eigenvalue weighted by Crippen LogP contribution is -2.29. The third-order valence-electron chi connectivity index (χ3n) is 3.61. The predicted octanol–water partition coefficient (Wildman–Crippen LogP) is 0.814. The number of aryl methyl sites for hydroxylation is 1. The standard InChI is InChI=1S/C12H18N2O4S2/c1-8-3-4-11(9(2)12(8)13)14-20(17,18)10-5-6-19(15,16)7-10/h3-4,10,14H,5-7,13H2,1-2H3. The molecule has 0 bridgehead atoms. The van der Waals surface area contributed by atoms with Gasteiger partial charge in [-0.05, 0) is 37.5 Å². The van der Waals surface area contributed by atoms with Crippen LogP contribution in [0.5, 0.6) is 0 Å². The Morgan fingerprint density at radius 3 is 2.50 bits per heavy atom. The molecule has 1 fully saturated rings. The minimum atomic E-state index is -3.72. The van der Waals surface area contributed by atoms with Gasteiger partial charge in [0.05, 0.1) is 22.4 Å². The molecule has 112 valence electrons. The molecule has 8 heteroatoms. The SMILES string of the molecule is Cc1ccc(NS(=O)(=O)C2CCS(=O)(=O)C2)c(C)c1N. The van der Waals surface area contributed by atoms with Crippen LogP contribution in [-0.2, 0) is 19.9 Å². The molecular weight excluding hydrogens is 300 g/mol. The minimum Gasteiger partial charge on any atom is -0.398 e. The van der Waals surface area contributed by atoms with Crippen LogP contribution in [0.3, 0.4) is 0 Å². The van der Waals surface area contributed by atoms with Crippen LogP contribution in [0.1, 0.15) is 17.5 Å². The van der Waals surface area contributed by atoms with Crippen LogP contribution in [-0.4, -0.2) is 33.6 Å². The molecule has 1 atom stereocenters. The van der Waals surface area contributed by atoms with Gasteiger partial charge in [-0.3, -0.25) is 4.72 Å². The van der Waals surface area contributed by atoms with E-state index in [9.17, 15) is 16.8 Å². The highest BCUT2D eigenvalue weighted by Crippen LogP contribution is 2.27. The van der Waals surface area contributed by atoms with E-state index in [2.05, 4.69) is 4.72 Å². The zero-order chi connectivity index (χ0) is 15.1. The van der Waals surface area contributed by atoms with E-state index in [1.807, 2.05) is 6.92 Å². The van der Waals surface area contributed by atoms with Crippen LogP contribution in [0.25, 0.3) is 0 Å². The average Bonchev–Trinajstić information content (AvgIpc) is 2.71. The summed E-state index contributed by atoms with van der Waals surface area (Å²) in [5.74, 6) is -0.393. The summed E-state index contributed by atoms with van der Waals surface area (Å²) in [7, 11) is -6.96. The molecular formula is C12H18N2O4S2. The third-order valence-corrected chi connectivity index (χ3v) is 7.38. The van der Waals surface area contributed by atoms with Crippen molar-refractivity contribution in [1.29, 1.82) is 0 Å². The highest BCUT2D eigenvalue weighted by Gasteiger charge is 2.37. The maximum atomic E-state index is 12.2. The molecule has 0 aromatic heterocycles. The molecule has 1 aromatic rings. The Morgan fingerprint density at radius 2 is 1.95 bits per heavy atom. The van der Waals surface area contributed by atoms with Crippen LogP contribution < -0.4 is 10.5 Å². The van der Waals surface area contributed by atoms with E-state index >= 15 is 0 Å². The monoisotopic (exact) mass is 318 g/mol. The van der Waals surface area contributed by atoms with Crippen molar-refractivity contribution in [1.82, 2.24) is 0 Å². The second-order valence-electron chi connectivity index (χ2n) is 5.14. The predicted molar refractivity (Wildman–Crippen MR) is 79.9 cm³/mol. The first-order chi connectivity index (χ1) is 9.12. The van der Waals surface area contributed by atoms with Gasteiger partial charge in [0, 0.05) is 5.69 Å². The van der Waals surface area contributed by atoms with Crippen LogP contribution >= 0.6 is 0 Å². The molecule has 1 saturated heterocycles. The van der Waals surface area contributed by atoms with Crippen molar-refractivity contribution in [2.75, 3.05) is 22.0 Å². The van der Waals surface area contributed by atoms with Crippen molar-refractivity contribution in [3.05, 3.63) is 23.3 Å². The van der Waals surface area contributed by atoms with E-state index in [4.69, 9.17) is 5.73 Å². The summed E-state index contributed by atoms with van der Waals surface area (Å²) in [4.78, 5) is 0. The molecule has 20 heavy (non-hydrogen) atoms. The van der Waals surface area contributed by atoms with Gasteiger partial charge in [-0.15, -0.1) is 0 Å². The number of hydrogen-bond donors (Lipinski definition) is 2. The molecule has 6 nitrogen and oxygen atoms in total. The number of nitrogens with one attached hydrogen (secondary N) is 1. The van der Waals surface area contributed by atoms with Gasteiger partial charge in [-0.25, -0.2) is 16.8 Å². The molecule has 0 spiro atoms. The fourth-order valence-electron chi connectivity index (χ4n) is 2.22. The summed E-state index contributed by atoms with van der Waals surface area (Å²) in [6.07, 6.45) is 0.137. The summed E-state index contributed by atoms with van der Waals surface area (Å²) >= 11 is 0. The van der Waals surface area contributed by atoms with Crippen molar-refractivity contribution >= 4 is 31.2 Å². The van der Waals surface area contributed by atoms with Crippen molar-refractivity contribution in [3.8, 4) is 0 Å². The lowest BCUT2D eigenvalue weighted by atomic mass is 10.1. The molecule has 1 unspecified atom stereocenters. The molecule has 3 N–H and O–H groups in total. The topological polar surface area (TPSA) is 106 Å². The number of benzene rings is 1. The molecule has 0 radical (unpaired) electrons. The maximum absolute atomic E-state index is 12.2. The first-order valence-electron chi connectivity index (χ1n) is 6.20. The number of nitrogens with two attached hydrogens (primary N) is 1. The van der Waals surface area contributed by atoms with Crippen molar-refractivity contribution in [2.24, 2.45) is 0 Å². The molecule has 0 amide bonds. The van der Waals surface area contributed by atoms with Gasteiger partial charge in [-0.2, -0.15) is 0 Å². The van der Waals surface area contributed by atoms with E-state index in [1.54, 1.807) is 19.1 Å². The Labute approximate surface area is 119 Å². The van der Waals surface area contributed by atoms with Crippen LogP contribution in [0.4, 0.5) is 11.4 Å². The Morgan fingerprint density at radius 1 is 1.30 bits per heavy atom. The smallest absolute Gasteiger partial charge is 0.236 e. The molecule has 2 rings (SSSR count). The van der Waals surface area contributed by atoms with Crippen LogP contribution in [0.2, 0.25) is 0 Å². The van der Waals surface area contributed by atoms with Gasteiger partial charge in [-0.1, -0.05) is 6.07 Å². The maximum Gasteiger partial charge on any atom is 0.236 e. The number of hydrogen-bond acceptors (Lipinski definition) is 5. The van der Waals surface area contributed by atoms with Crippen molar-refractivity contribution in [2.45, 2.75) is 25.5 Å². The van der Waals surface area contributed by atoms with Gasteiger partial charge < -0.3 is 5.73 Å². The second-order valence-corrected chi connectivity index (χ2v) is 9.33. The lowest BCUT2D eigenvalue weighted by molar-refractivity contribution is 0.587. The highest BCUT2D eigenvalue weighted by molar-refractivity contribution is 7.97. The summed E-state index contributed by atoms with van der Waals surface area (Å²) in [6, 6.07) is 3.37. The Bertz CT molecular complexity index is 739. The number of nitrogen functional groups attached to an aromatic ring is 1. The number of rotatable bonds is 3. The van der Waals surface area contributed by atoms with Gasteiger partial charge >= 0.3 is 0 Å². The highest BCUT2D eigenvalue weighted by atomic mass is 32.2. The lowest BCUT2D eigenvalue weighted by Gasteiger charge is -2.16. The van der Waals surface area contributed by atoms with Gasteiger partial charge in [0.15, 0.2) is 9.84 Å². The summed E-state index contributed by atoms with van der Waals surface area (Å²) in [6.45, 7) is 3.57. The minimum absolute atomic E-state index is 0.0758. The van der Waals surface area contributed by atoms with Gasteiger partial charge in [0.25, 0.3) is 0 Å². The molecule has 0 aliphatic carbocycles. The fourth-order valence-corrected chi connectivity index (χ4v) is 6.37. The third kappa shape index (κ3) is 2.90. The fraction of sp³-hybridized carbons (Fsp3) is 0.500. The number of sulfonamides is 1. The molecule has 1 aliphatic heterocycles. The number of sulfone groups is 1. The Hall–Kier alpha value is -1.28. The zero-order valence-electron chi connectivity index (χ0n) is 11.4. The summed E-state index contributed by atoms with van der Waals surface area (Å²) < 4.78 is 49.7. The van der Waals surface area contributed by atoms with Crippen molar-refractivity contribution < 1.29 is 16.8 Å². The second kappa shape index (κ2) is 4.92. The van der Waals surface area contributed by atoms with Crippen LogP contribution in [0, 0.1) is 13.8 Å². The van der Waals surface area contributed by atoms with Crippen LogP contribution in [0.15, 0.2) is 12.1 Å². The number of anilines is 2. The van der Waals surface area contributed by atoms with Crippen molar-refractivity contribution in [3.63, 3.8) is 0 Å².